The van der Waals surface area contributed by atoms with Crippen molar-refractivity contribution in [2.24, 2.45) is 5.92 Å². The Morgan fingerprint density at radius 1 is 1.46 bits per heavy atom. The number of aryl methyl sites for hydroxylation is 1. The standard InChI is InChI=1S/C17H21N3O3S/c1-11-20-13(10-24-11)9-23-16-5-3-2-4-14(16)17(22)19-7-12-6-18-8-15(12)21/h2-5,10,12,15,18,21H,6-9H2,1H3,(H,19,22). The van der Waals surface area contributed by atoms with Crippen molar-refractivity contribution in [3.05, 3.63) is 45.9 Å². The number of β-amino-alcohol motifs (C(OH)–C–C–N with tert-alkyl or cyclic N) is 1. The number of hydrogen-bond donors (Lipinski definition) is 3. The van der Waals surface area contributed by atoms with E-state index in [1.165, 1.54) is 0 Å². The van der Waals surface area contributed by atoms with Gasteiger partial charge in [-0.25, -0.2) is 4.98 Å². The van der Waals surface area contributed by atoms with Crippen LogP contribution in [-0.2, 0) is 6.61 Å². The first-order valence-corrected chi connectivity index (χ1v) is 8.81. The number of carbonyl (C=O) groups excluding carboxylic acids is 1. The first-order valence-electron chi connectivity index (χ1n) is 7.93. The molecule has 24 heavy (non-hydrogen) atoms. The predicted molar refractivity (Wildman–Crippen MR) is 92.3 cm³/mol. The fourth-order valence-corrected chi connectivity index (χ4v) is 3.25. The molecule has 2 atom stereocenters. The maximum atomic E-state index is 12.4. The van der Waals surface area contributed by atoms with Gasteiger partial charge in [0.1, 0.15) is 12.4 Å². The quantitative estimate of drug-likeness (QED) is 0.734. The number of hydrogen-bond acceptors (Lipinski definition) is 6. The van der Waals surface area contributed by atoms with Gasteiger partial charge in [0.25, 0.3) is 5.91 Å². The third-order valence-corrected chi connectivity index (χ3v) is 4.83. The van der Waals surface area contributed by atoms with Crippen LogP contribution in [0.4, 0.5) is 0 Å². The minimum Gasteiger partial charge on any atom is -0.486 e. The summed E-state index contributed by atoms with van der Waals surface area (Å²) in [6, 6.07) is 7.16. The average Bonchev–Trinajstić information content (AvgIpc) is 3.19. The van der Waals surface area contributed by atoms with Crippen LogP contribution >= 0.6 is 11.3 Å². The van der Waals surface area contributed by atoms with Gasteiger partial charge in [0.2, 0.25) is 0 Å². The van der Waals surface area contributed by atoms with Crippen molar-refractivity contribution in [3.63, 3.8) is 0 Å². The highest BCUT2D eigenvalue weighted by Crippen LogP contribution is 2.20. The number of para-hydroxylation sites is 1. The molecule has 3 rings (SSSR count). The van der Waals surface area contributed by atoms with Crippen molar-refractivity contribution < 1.29 is 14.6 Å². The number of thiazole rings is 1. The van der Waals surface area contributed by atoms with E-state index in [4.69, 9.17) is 4.74 Å². The van der Waals surface area contributed by atoms with Crippen LogP contribution in [0.15, 0.2) is 29.6 Å². The molecule has 1 aliphatic heterocycles. The van der Waals surface area contributed by atoms with Crippen LogP contribution in [0.25, 0.3) is 0 Å². The topological polar surface area (TPSA) is 83.5 Å². The Kier molecular flexibility index (Phi) is 5.44. The van der Waals surface area contributed by atoms with Gasteiger partial charge in [-0.15, -0.1) is 11.3 Å². The zero-order valence-corrected chi connectivity index (χ0v) is 14.3. The summed E-state index contributed by atoms with van der Waals surface area (Å²) in [5.41, 5.74) is 1.35. The van der Waals surface area contributed by atoms with E-state index in [1.807, 2.05) is 18.4 Å². The van der Waals surface area contributed by atoms with Gasteiger partial charge in [-0.3, -0.25) is 4.79 Å². The Labute approximate surface area is 144 Å². The summed E-state index contributed by atoms with van der Waals surface area (Å²) in [5, 5.41) is 18.7. The number of amides is 1. The van der Waals surface area contributed by atoms with Crippen LogP contribution < -0.4 is 15.4 Å². The molecule has 1 aromatic heterocycles. The van der Waals surface area contributed by atoms with Gasteiger partial charge in [0, 0.05) is 30.9 Å². The zero-order chi connectivity index (χ0) is 16.9. The van der Waals surface area contributed by atoms with E-state index < -0.39 is 6.10 Å². The van der Waals surface area contributed by atoms with Crippen molar-refractivity contribution in [1.29, 1.82) is 0 Å². The monoisotopic (exact) mass is 347 g/mol. The molecule has 7 heteroatoms. The highest BCUT2D eigenvalue weighted by molar-refractivity contribution is 7.09. The SMILES string of the molecule is Cc1nc(COc2ccccc2C(=O)NCC2CNCC2O)cs1. The van der Waals surface area contributed by atoms with Gasteiger partial charge in [-0.05, 0) is 19.1 Å². The summed E-state index contributed by atoms with van der Waals surface area (Å²) in [7, 11) is 0. The molecule has 0 bridgehead atoms. The average molecular weight is 347 g/mol. The lowest BCUT2D eigenvalue weighted by atomic mass is 10.1. The highest BCUT2D eigenvalue weighted by atomic mass is 32.1. The summed E-state index contributed by atoms with van der Waals surface area (Å²) in [5.74, 6) is 0.380. The number of benzene rings is 1. The Hall–Kier alpha value is -1.96. The number of nitrogens with zero attached hydrogens (tertiary/aromatic N) is 1. The number of nitrogens with one attached hydrogen (secondary N) is 2. The molecule has 1 aromatic carbocycles. The van der Waals surface area contributed by atoms with Gasteiger partial charge in [-0.1, -0.05) is 12.1 Å². The molecule has 2 heterocycles. The Morgan fingerprint density at radius 2 is 2.29 bits per heavy atom. The fourth-order valence-electron chi connectivity index (χ4n) is 2.65. The molecule has 0 saturated carbocycles. The number of rotatable bonds is 6. The number of aliphatic hydroxyl groups is 1. The van der Waals surface area contributed by atoms with E-state index in [9.17, 15) is 9.90 Å². The minimum atomic E-state index is -0.412. The lowest BCUT2D eigenvalue weighted by molar-refractivity contribution is 0.0922. The van der Waals surface area contributed by atoms with Gasteiger partial charge < -0.3 is 20.5 Å². The second-order valence-electron chi connectivity index (χ2n) is 5.84. The third kappa shape index (κ3) is 4.11. The van der Waals surface area contributed by atoms with Gasteiger partial charge in [-0.2, -0.15) is 0 Å². The Bertz CT molecular complexity index is 704. The zero-order valence-electron chi connectivity index (χ0n) is 13.5. The van der Waals surface area contributed by atoms with Crippen molar-refractivity contribution in [2.75, 3.05) is 19.6 Å². The maximum absolute atomic E-state index is 12.4. The predicted octanol–water partition coefficient (Wildman–Crippen LogP) is 1.34. The smallest absolute Gasteiger partial charge is 0.255 e. The molecule has 2 unspecified atom stereocenters. The molecule has 3 N–H and O–H groups in total. The highest BCUT2D eigenvalue weighted by Gasteiger charge is 2.25. The summed E-state index contributed by atoms with van der Waals surface area (Å²) in [6.45, 7) is 4.00. The molecule has 128 valence electrons. The molecule has 1 fully saturated rings. The summed E-state index contributed by atoms with van der Waals surface area (Å²) in [6.07, 6.45) is -0.412. The normalized spacial score (nSPS) is 20.1. The largest absolute Gasteiger partial charge is 0.486 e. The molecule has 1 aliphatic rings. The van der Waals surface area contributed by atoms with Crippen LogP contribution in [0.3, 0.4) is 0 Å². The maximum Gasteiger partial charge on any atom is 0.255 e. The molecule has 2 aromatic rings. The van der Waals surface area contributed by atoms with Crippen molar-refractivity contribution >= 4 is 17.2 Å². The second kappa shape index (κ2) is 7.74. The van der Waals surface area contributed by atoms with E-state index in [1.54, 1.807) is 29.5 Å². The molecular formula is C17H21N3O3S. The van der Waals surface area contributed by atoms with Crippen LogP contribution in [0.2, 0.25) is 0 Å². The van der Waals surface area contributed by atoms with Gasteiger partial charge in [0.15, 0.2) is 0 Å². The molecule has 1 saturated heterocycles. The first kappa shape index (κ1) is 16.9. The lowest BCUT2D eigenvalue weighted by Crippen LogP contribution is -2.34. The van der Waals surface area contributed by atoms with E-state index in [0.717, 1.165) is 10.7 Å². The van der Waals surface area contributed by atoms with E-state index in [-0.39, 0.29) is 11.8 Å². The number of carbonyl (C=O) groups is 1. The molecule has 1 amide bonds. The van der Waals surface area contributed by atoms with Gasteiger partial charge >= 0.3 is 0 Å². The lowest BCUT2D eigenvalue weighted by Gasteiger charge is -2.15. The first-order chi connectivity index (χ1) is 11.6. The summed E-state index contributed by atoms with van der Waals surface area (Å²) >= 11 is 1.57. The van der Waals surface area contributed by atoms with Crippen LogP contribution in [0, 0.1) is 12.8 Å². The molecule has 0 radical (unpaired) electrons. The molecule has 0 spiro atoms. The van der Waals surface area contributed by atoms with E-state index in [2.05, 4.69) is 15.6 Å². The van der Waals surface area contributed by atoms with Crippen LogP contribution in [0.1, 0.15) is 21.1 Å². The molecular weight excluding hydrogens is 326 g/mol. The van der Waals surface area contributed by atoms with Crippen molar-refractivity contribution in [2.45, 2.75) is 19.6 Å². The Balaban J connectivity index is 1.61. The second-order valence-corrected chi connectivity index (χ2v) is 6.90. The summed E-state index contributed by atoms with van der Waals surface area (Å²) < 4.78 is 5.77. The third-order valence-electron chi connectivity index (χ3n) is 4.00. The van der Waals surface area contributed by atoms with Crippen molar-refractivity contribution in [1.82, 2.24) is 15.6 Å². The van der Waals surface area contributed by atoms with Crippen molar-refractivity contribution in [3.8, 4) is 5.75 Å². The van der Waals surface area contributed by atoms with Crippen LogP contribution in [-0.4, -0.2) is 41.7 Å². The van der Waals surface area contributed by atoms with Gasteiger partial charge in [0.05, 0.1) is 22.4 Å². The number of ether oxygens (including phenoxy) is 1. The summed E-state index contributed by atoms with van der Waals surface area (Å²) in [4.78, 5) is 16.8. The van der Waals surface area contributed by atoms with E-state index >= 15 is 0 Å². The minimum absolute atomic E-state index is 0.0417. The molecule has 0 aliphatic carbocycles. The number of aliphatic hydroxyl groups excluding tert-OH is 1. The fraction of sp³-hybridized carbons (Fsp3) is 0.412. The van der Waals surface area contributed by atoms with E-state index in [0.29, 0.717) is 37.6 Å². The molecule has 6 nitrogen and oxygen atoms in total. The Morgan fingerprint density at radius 3 is 3.00 bits per heavy atom. The number of aromatic nitrogens is 1. The van der Waals surface area contributed by atoms with Crippen LogP contribution in [0.5, 0.6) is 5.75 Å².